The van der Waals surface area contributed by atoms with E-state index in [2.05, 4.69) is 10.2 Å². The van der Waals surface area contributed by atoms with Crippen LogP contribution in [0.4, 0.5) is 5.69 Å². The molecule has 0 aliphatic carbocycles. The number of aliphatic hydroxyl groups is 1. The van der Waals surface area contributed by atoms with Crippen molar-refractivity contribution in [3.8, 4) is 0 Å². The van der Waals surface area contributed by atoms with Gasteiger partial charge in [-0.05, 0) is 51.9 Å². The first-order chi connectivity index (χ1) is 11.8. The number of benzene rings is 1. The maximum atomic E-state index is 13.2. The van der Waals surface area contributed by atoms with Crippen LogP contribution in [0.1, 0.15) is 24.0 Å². The van der Waals surface area contributed by atoms with Crippen molar-refractivity contribution in [3.63, 3.8) is 0 Å². The van der Waals surface area contributed by atoms with Gasteiger partial charge in [-0.3, -0.25) is 9.69 Å². The fourth-order valence-electron chi connectivity index (χ4n) is 3.60. The molecule has 0 aromatic heterocycles. The van der Waals surface area contributed by atoms with Crippen LogP contribution in [0.3, 0.4) is 0 Å². The summed E-state index contributed by atoms with van der Waals surface area (Å²) in [4.78, 5) is 17.4. The van der Waals surface area contributed by atoms with Crippen LogP contribution in [0.2, 0.25) is 0 Å². The number of nitrogens with one attached hydrogen (secondary N) is 1. The van der Waals surface area contributed by atoms with Crippen molar-refractivity contribution in [2.24, 2.45) is 5.73 Å². The first-order valence-electron chi connectivity index (χ1n) is 8.95. The lowest BCUT2D eigenvalue weighted by Crippen LogP contribution is -2.60. The molecule has 1 saturated heterocycles. The van der Waals surface area contributed by atoms with Gasteiger partial charge in [-0.15, -0.1) is 0 Å². The summed E-state index contributed by atoms with van der Waals surface area (Å²) in [6, 6.07) is 6.03. The Balaban J connectivity index is 2.12. The number of piperidine rings is 1. The van der Waals surface area contributed by atoms with Gasteiger partial charge in [0.15, 0.2) is 0 Å². The number of hydrogen-bond acceptors (Lipinski definition) is 5. The second-order valence-electron chi connectivity index (χ2n) is 7.34. The molecular weight excluding hydrogens is 316 g/mol. The smallest absolute Gasteiger partial charge is 0.244 e. The van der Waals surface area contributed by atoms with Crippen LogP contribution in [-0.4, -0.2) is 72.7 Å². The van der Waals surface area contributed by atoms with Crippen molar-refractivity contribution in [1.82, 2.24) is 9.80 Å². The molecule has 25 heavy (non-hydrogen) atoms. The van der Waals surface area contributed by atoms with Crippen molar-refractivity contribution in [1.29, 1.82) is 0 Å². The average Bonchev–Trinajstić information content (AvgIpc) is 2.58. The molecule has 0 radical (unpaired) electrons. The second-order valence-corrected chi connectivity index (χ2v) is 7.34. The highest BCUT2D eigenvalue weighted by molar-refractivity contribution is 5.99. The van der Waals surface area contributed by atoms with E-state index in [4.69, 9.17) is 5.73 Å². The molecule has 1 aliphatic heterocycles. The number of β-amino-alcohol motifs (C(OH)–C–C–N with tert-alkyl or cyclic N) is 1. The number of carbonyl (C=O) groups is 1. The zero-order valence-corrected chi connectivity index (χ0v) is 15.9. The van der Waals surface area contributed by atoms with Crippen LogP contribution in [0, 0.1) is 13.8 Å². The number of nitrogens with zero attached hydrogens (tertiary/aromatic N) is 2. The Hall–Kier alpha value is -1.47. The van der Waals surface area contributed by atoms with E-state index in [9.17, 15) is 9.90 Å². The third-order valence-corrected chi connectivity index (χ3v) is 5.42. The molecule has 0 bridgehead atoms. The molecule has 1 unspecified atom stereocenters. The SMILES string of the molecule is Cc1cccc(C)c1NC(=O)C1(N(C)C)CCN(CC(O)CN)CC1. The summed E-state index contributed by atoms with van der Waals surface area (Å²) < 4.78 is 0. The fraction of sp³-hybridized carbons (Fsp3) is 0.632. The van der Waals surface area contributed by atoms with Crippen LogP contribution in [0.15, 0.2) is 18.2 Å². The minimum Gasteiger partial charge on any atom is -0.390 e. The van der Waals surface area contributed by atoms with Gasteiger partial charge >= 0.3 is 0 Å². The van der Waals surface area contributed by atoms with Crippen LogP contribution < -0.4 is 11.1 Å². The van der Waals surface area contributed by atoms with E-state index in [0.29, 0.717) is 6.54 Å². The van der Waals surface area contributed by atoms with Gasteiger partial charge in [0.25, 0.3) is 0 Å². The van der Waals surface area contributed by atoms with Gasteiger partial charge < -0.3 is 21.1 Å². The van der Waals surface area contributed by atoms with Crippen LogP contribution in [0.5, 0.6) is 0 Å². The molecule has 1 aliphatic rings. The van der Waals surface area contributed by atoms with Gasteiger partial charge in [0, 0.05) is 31.9 Å². The highest BCUT2D eigenvalue weighted by Gasteiger charge is 2.43. The van der Waals surface area contributed by atoms with Gasteiger partial charge in [0.1, 0.15) is 5.54 Å². The lowest BCUT2D eigenvalue weighted by atomic mass is 9.84. The zero-order chi connectivity index (χ0) is 18.6. The van der Waals surface area contributed by atoms with Crippen molar-refractivity contribution in [2.75, 3.05) is 45.6 Å². The normalized spacial score (nSPS) is 19.0. The Morgan fingerprint density at radius 3 is 2.36 bits per heavy atom. The maximum absolute atomic E-state index is 13.2. The van der Waals surface area contributed by atoms with E-state index in [-0.39, 0.29) is 12.5 Å². The first kappa shape index (κ1) is 19.8. The Morgan fingerprint density at radius 2 is 1.88 bits per heavy atom. The molecule has 4 N–H and O–H groups in total. The molecule has 1 amide bonds. The Bertz CT molecular complexity index is 575. The minimum atomic E-state index is -0.529. The fourth-order valence-corrected chi connectivity index (χ4v) is 3.60. The Labute approximate surface area is 151 Å². The van der Waals surface area contributed by atoms with Crippen molar-refractivity contribution in [2.45, 2.75) is 38.3 Å². The number of rotatable bonds is 6. The average molecular weight is 348 g/mol. The highest BCUT2D eigenvalue weighted by Crippen LogP contribution is 2.30. The molecule has 0 spiro atoms. The Morgan fingerprint density at radius 1 is 1.32 bits per heavy atom. The van der Waals surface area contributed by atoms with Crippen molar-refractivity contribution in [3.05, 3.63) is 29.3 Å². The second kappa shape index (κ2) is 8.27. The summed E-state index contributed by atoms with van der Waals surface area (Å²) >= 11 is 0. The van der Waals surface area contributed by atoms with Gasteiger partial charge in [0.05, 0.1) is 6.10 Å². The number of likely N-dealkylation sites (tertiary alicyclic amines) is 1. The lowest BCUT2D eigenvalue weighted by Gasteiger charge is -2.45. The van der Waals surface area contributed by atoms with Gasteiger partial charge in [-0.2, -0.15) is 0 Å². The highest BCUT2D eigenvalue weighted by atomic mass is 16.3. The monoisotopic (exact) mass is 348 g/mol. The summed E-state index contributed by atoms with van der Waals surface area (Å²) in [5, 5.41) is 12.9. The van der Waals surface area contributed by atoms with E-state index in [1.54, 1.807) is 0 Å². The molecule has 1 aromatic carbocycles. The Kier molecular flexibility index (Phi) is 6.57. The maximum Gasteiger partial charge on any atom is 0.244 e. The molecule has 6 heteroatoms. The molecule has 1 fully saturated rings. The van der Waals surface area contributed by atoms with E-state index in [1.165, 1.54) is 0 Å². The van der Waals surface area contributed by atoms with Crippen molar-refractivity contribution >= 4 is 11.6 Å². The molecule has 0 saturated carbocycles. The summed E-state index contributed by atoms with van der Waals surface area (Å²) in [6.07, 6.45) is 0.956. The number of likely N-dealkylation sites (N-methyl/N-ethyl adjacent to an activating group) is 1. The summed E-state index contributed by atoms with van der Waals surface area (Å²) in [5.74, 6) is 0.0499. The van der Waals surface area contributed by atoms with Gasteiger partial charge in [0.2, 0.25) is 5.91 Å². The standard InChI is InChI=1S/C19H32N4O2/c1-14-6-5-7-15(2)17(14)21-18(25)19(22(3)4)8-10-23(11-9-19)13-16(24)12-20/h5-7,16,24H,8-13,20H2,1-4H3,(H,21,25). The number of amides is 1. The summed E-state index contributed by atoms with van der Waals surface area (Å²) in [6.45, 7) is 6.41. The quantitative estimate of drug-likeness (QED) is 0.713. The molecule has 1 aromatic rings. The number of anilines is 1. The van der Waals surface area contributed by atoms with Crippen LogP contribution >= 0.6 is 0 Å². The predicted molar refractivity (Wildman–Crippen MR) is 102 cm³/mol. The lowest BCUT2D eigenvalue weighted by molar-refractivity contribution is -0.129. The summed E-state index contributed by atoms with van der Waals surface area (Å²) in [7, 11) is 3.93. The molecule has 140 valence electrons. The number of aryl methyl sites for hydroxylation is 2. The van der Waals surface area contributed by atoms with Gasteiger partial charge in [-0.25, -0.2) is 0 Å². The van der Waals surface area contributed by atoms with E-state index in [1.807, 2.05) is 51.0 Å². The largest absolute Gasteiger partial charge is 0.390 e. The predicted octanol–water partition coefficient (Wildman–Crippen LogP) is 0.958. The first-order valence-corrected chi connectivity index (χ1v) is 8.95. The molecule has 6 nitrogen and oxygen atoms in total. The topological polar surface area (TPSA) is 81.8 Å². The zero-order valence-electron chi connectivity index (χ0n) is 15.9. The minimum absolute atomic E-state index is 0.0499. The molecule has 2 rings (SSSR count). The van der Waals surface area contributed by atoms with Crippen LogP contribution in [-0.2, 0) is 4.79 Å². The number of nitrogens with two attached hydrogens (primary N) is 1. The molecule has 1 atom stereocenters. The molecule has 1 heterocycles. The third kappa shape index (κ3) is 4.39. The number of carbonyl (C=O) groups excluding carboxylic acids is 1. The van der Waals surface area contributed by atoms with Gasteiger partial charge in [-0.1, -0.05) is 18.2 Å². The van der Waals surface area contributed by atoms with E-state index in [0.717, 1.165) is 42.7 Å². The van der Waals surface area contributed by atoms with Crippen LogP contribution in [0.25, 0.3) is 0 Å². The number of aliphatic hydroxyl groups excluding tert-OH is 1. The van der Waals surface area contributed by atoms with E-state index >= 15 is 0 Å². The molecular formula is C19H32N4O2. The number of hydrogen-bond donors (Lipinski definition) is 3. The number of para-hydroxylation sites is 1. The van der Waals surface area contributed by atoms with E-state index < -0.39 is 11.6 Å². The third-order valence-electron chi connectivity index (χ3n) is 5.42. The summed E-state index contributed by atoms with van der Waals surface area (Å²) in [5.41, 5.74) is 8.04. The van der Waals surface area contributed by atoms with Crippen molar-refractivity contribution < 1.29 is 9.90 Å².